The number of rotatable bonds is 4. The maximum absolute atomic E-state index is 13.8. The third kappa shape index (κ3) is 3.51. The normalized spacial score (nSPS) is 12.2. The van der Waals surface area contributed by atoms with Crippen LogP contribution in [0.3, 0.4) is 0 Å². The third-order valence-corrected chi connectivity index (χ3v) is 4.06. The zero-order chi connectivity index (χ0) is 14.7. The second-order valence-electron chi connectivity index (χ2n) is 4.43. The number of halogens is 3. The zero-order valence-corrected chi connectivity index (χ0v) is 13.2. The van der Waals surface area contributed by atoms with Gasteiger partial charge in [-0.25, -0.2) is 4.39 Å². The Bertz CT molecular complexity index is 621. The summed E-state index contributed by atoms with van der Waals surface area (Å²) in [5.74, 6) is 0.392. The van der Waals surface area contributed by atoms with E-state index in [2.05, 4.69) is 15.9 Å². The number of ether oxygens (including phenoxy) is 1. The average molecular weight is 359 g/mol. The van der Waals surface area contributed by atoms with Crippen molar-refractivity contribution in [1.29, 1.82) is 0 Å². The van der Waals surface area contributed by atoms with Crippen molar-refractivity contribution in [2.75, 3.05) is 7.11 Å². The minimum atomic E-state index is -0.475. The Labute approximate surface area is 130 Å². The van der Waals surface area contributed by atoms with Gasteiger partial charge in [0.1, 0.15) is 11.6 Å². The molecule has 106 valence electrons. The van der Waals surface area contributed by atoms with Crippen LogP contribution in [-0.2, 0) is 6.42 Å². The molecule has 2 aromatic rings. The van der Waals surface area contributed by atoms with E-state index in [9.17, 15) is 4.39 Å². The Morgan fingerprint density at radius 2 is 2.05 bits per heavy atom. The van der Waals surface area contributed by atoms with E-state index in [1.165, 1.54) is 12.1 Å². The van der Waals surface area contributed by atoms with Gasteiger partial charge in [0.25, 0.3) is 0 Å². The fourth-order valence-electron chi connectivity index (χ4n) is 1.98. The Hall–Kier alpha value is -1.10. The van der Waals surface area contributed by atoms with Crippen molar-refractivity contribution in [3.8, 4) is 5.75 Å². The van der Waals surface area contributed by atoms with Gasteiger partial charge in [0, 0.05) is 21.1 Å². The summed E-state index contributed by atoms with van der Waals surface area (Å²) in [4.78, 5) is 0. The van der Waals surface area contributed by atoms with Crippen molar-refractivity contribution < 1.29 is 9.13 Å². The lowest BCUT2D eigenvalue weighted by Gasteiger charge is -2.15. The van der Waals surface area contributed by atoms with Gasteiger partial charge in [0.2, 0.25) is 0 Å². The standard InChI is InChI=1S/C15H14BrClFNO/c1-20-11-3-4-13(16)9(6-11)7-15(19)12-8-10(17)2-5-14(12)18/h2-6,8,15H,7,19H2,1H3. The molecule has 0 saturated heterocycles. The second kappa shape index (κ2) is 6.57. The molecule has 0 fully saturated rings. The van der Waals surface area contributed by atoms with E-state index in [-0.39, 0.29) is 5.82 Å². The molecule has 2 N–H and O–H groups in total. The van der Waals surface area contributed by atoms with Crippen molar-refractivity contribution in [2.24, 2.45) is 5.73 Å². The van der Waals surface area contributed by atoms with E-state index < -0.39 is 6.04 Å². The number of hydrogen-bond acceptors (Lipinski definition) is 2. The summed E-state index contributed by atoms with van der Waals surface area (Å²) in [6.45, 7) is 0. The smallest absolute Gasteiger partial charge is 0.128 e. The van der Waals surface area contributed by atoms with Crippen molar-refractivity contribution in [2.45, 2.75) is 12.5 Å². The molecule has 1 atom stereocenters. The molecule has 0 bridgehead atoms. The predicted molar refractivity (Wildman–Crippen MR) is 82.7 cm³/mol. The van der Waals surface area contributed by atoms with Gasteiger partial charge in [-0.3, -0.25) is 0 Å². The molecule has 0 radical (unpaired) electrons. The van der Waals surface area contributed by atoms with Crippen LogP contribution in [0.1, 0.15) is 17.2 Å². The SMILES string of the molecule is COc1ccc(Br)c(CC(N)c2cc(Cl)ccc2F)c1. The van der Waals surface area contributed by atoms with Gasteiger partial charge in [-0.2, -0.15) is 0 Å². The lowest BCUT2D eigenvalue weighted by atomic mass is 9.99. The van der Waals surface area contributed by atoms with Gasteiger partial charge < -0.3 is 10.5 Å². The van der Waals surface area contributed by atoms with Crippen LogP contribution in [0.15, 0.2) is 40.9 Å². The number of nitrogens with two attached hydrogens (primary N) is 1. The van der Waals surface area contributed by atoms with E-state index in [0.717, 1.165) is 15.8 Å². The quantitative estimate of drug-likeness (QED) is 0.874. The lowest BCUT2D eigenvalue weighted by molar-refractivity contribution is 0.414. The van der Waals surface area contributed by atoms with E-state index in [1.807, 2.05) is 18.2 Å². The summed E-state index contributed by atoms with van der Waals surface area (Å²) >= 11 is 9.35. The van der Waals surface area contributed by atoms with Crippen LogP contribution in [0, 0.1) is 5.82 Å². The molecule has 0 amide bonds. The molecule has 2 aromatic carbocycles. The Balaban J connectivity index is 2.27. The molecule has 5 heteroatoms. The third-order valence-electron chi connectivity index (χ3n) is 3.05. The van der Waals surface area contributed by atoms with E-state index in [0.29, 0.717) is 17.0 Å². The average Bonchev–Trinajstić information content (AvgIpc) is 2.43. The first-order valence-corrected chi connectivity index (χ1v) is 7.21. The molecule has 0 aliphatic carbocycles. The van der Waals surface area contributed by atoms with E-state index >= 15 is 0 Å². The molecular weight excluding hydrogens is 345 g/mol. The van der Waals surface area contributed by atoms with Crippen LogP contribution < -0.4 is 10.5 Å². The monoisotopic (exact) mass is 357 g/mol. The van der Waals surface area contributed by atoms with Gasteiger partial charge in [0.15, 0.2) is 0 Å². The molecule has 20 heavy (non-hydrogen) atoms. The molecule has 0 heterocycles. The molecule has 0 aromatic heterocycles. The summed E-state index contributed by atoms with van der Waals surface area (Å²) in [5.41, 5.74) is 7.46. The van der Waals surface area contributed by atoms with Crippen LogP contribution >= 0.6 is 27.5 Å². The number of methoxy groups -OCH3 is 1. The number of hydrogen-bond donors (Lipinski definition) is 1. The first-order valence-electron chi connectivity index (χ1n) is 6.04. The molecule has 1 unspecified atom stereocenters. The maximum Gasteiger partial charge on any atom is 0.128 e. The van der Waals surface area contributed by atoms with Crippen LogP contribution in [0.25, 0.3) is 0 Å². The first-order chi connectivity index (χ1) is 9.51. The highest BCUT2D eigenvalue weighted by atomic mass is 79.9. The summed E-state index contributed by atoms with van der Waals surface area (Å²) < 4.78 is 19.9. The van der Waals surface area contributed by atoms with Crippen molar-refractivity contribution >= 4 is 27.5 Å². The van der Waals surface area contributed by atoms with Crippen LogP contribution in [0.4, 0.5) is 4.39 Å². The van der Waals surface area contributed by atoms with Crippen LogP contribution in [-0.4, -0.2) is 7.11 Å². The fraction of sp³-hybridized carbons (Fsp3) is 0.200. The summed E-state index contributed by atoms with van der Waals surface area (Å²) in [5, 5.41) is 0.474. The van der Waals surface area contributed by atoms with Crippen LogP contribution in [0.2, 0.25) is 5.02 Å². The first kappa shape index (κ1) is 15.3. The predicted octanol–water partition coefficient (Wildman–Crippen LogP) is 4.49. The maximum atomic E-state index is 13.8. The molecule has 0 saturated carbocycles. The summed E-state index contributed by atoms with van der Waals surface area (Å²) in [7, 11) is 1.60. The molecule has 0 aliphatic rings. The van der Waals surface area contributed by atoms with E-state index in [4.69, 9.17) is 22.1 Å². The van der Waals surface area contributed by atoms with Crippen LogP contribution in [0.5, 0.6) is 5.75 Å². The summed E-state index contributed by atoms with van der Waals surface area (Å²) in [6.07, 6.45) is 0.481. The minimum Gasteiger partial charge on any atom is -0.497 e. The van der Waals surface area contributed by atoms with Gasteiger partial charge in [-0.1, -0.05) is 27.5 Å². The van der Waals surface area contributed by atoms with Gasteiger partial charge in [-0.05, 0) is 48.4 Å². The highest BCUT2D eigenvalue weighted by molar-refractivity contribution is 9.10. The largest absolute Gasteiger partial charge is 0.497 e. The Kier molecular flexibility index (Phi) is 5.02. The van der Waals surface area contributed by atoms with Gasteiger partial charge in [0.05, 0.1) is 7.11 Å². The van der Waals surface area contributed by atoms with Crippen molar-refractivity contribution in [1.82, 2.24) is 0 Å². The molecular formula is C15H14BrClFNO. The minimum absolute atomic E-state index is 0.346. The fourth-order valence-corrected chi connectivity index (χ4v) is 2.57. The topological polar surface area (TPSA) is 35.2 Å². The van der Waals surface area contributed by atoms with Gasteiger partial charge in [-0.15, -0.1) is 0 Å². The number of benzene rings is 2. The van der Waals surface area contributed by atoms with Gasteiger partial charge >= 0.3 is 0 Å². The summed E-state index contributed by atoms with van der Waals surface area (Å²) in [6, 6.07) is 9.54. The van der Waals surface area contributed by atoms with E-state index in [1.54, 1.807) is 13.2 Å². The lowest BCUT2D eigenvalue weighted by Crippen LogP contribution is -2.15. The molecule has 2 rings (SSSR count). The molecule has 0 aliphatic heterocycles. The highest BCUT2D eigenvalue weighted by Crippen LogP contribution is 2.28. The Morgan fingerprint density at radius 3 is 2.75 bits per heavy atom. The molecule has 2 nitrogen and oxygen atoms in total. The van der Waals surface area contributed by atoms with Crippen molar-refractivity contribution in [3.63, 3.8) is 0 Å². The second-order valence-corrected chi connectivity index (χ2v) is 5.72. The zero-order valence-electron chi connectivity index (χ0n) is 10.9. The Morgan fingerprint density at radius 1 is 1.30 bits per heavy atom. The van der Waals surface area contributed by atoms with Crippen molar-refractivity contribution in [3.05, 3.63) is 62.8 Å². The molecule has 0 spiro atoms. The highest BCUT2D eigenvalue weighted by Gasteiger charge is 2.14.